The number of carbonyl (C=O) groups is 1. The monoisotopic (exact) mass is 437 g/mol. The molecule has 3 aromatic rings. The van der Waals surface area contributed by atoms with Gasteiger partial charge in [0, 0.05) is 24.0 Å². The molecular formula is C24H31N5OS. The number of carbonyl (C=O) groups excluding carboxylic acids is 1. The molecule has 31 heavy (non-hydrogen) atoms. The first-order valence-electron chi connectivity index (χ1n) is 11.0. The lowest BCUT2D eigenvalue weighted by atomic mass is 10.0. The van der Waals surface area contributed by atoms with Gasteiger partial charge in [0.1, 0.15) is 0 Å². The summed E-state index contributed by atoms with van der Waals surface area (Å²) in [5, 5.41) is 12.8. The summed E-state index contributed by atoms with van der Waals surface area (Å²) >= 11 is 1.42. The Balaban J connectivity index is 2.01. The number of hydrogen-bond acceptors (Lipinski definition) is 5. The Morgan fingerprint density at radius 2 is 1.84 bits per heavy atom. The third-order valence-electron chi connectivity index (χ3n) is 5.20. The molecule has 1 N–H and O–H groups in total. The predicted molar refractivity (Wildman–Crippen MR) is 127 cm³/mol. The number of aryl methyl sites for hydroxylation is 2. The van der Waals surface area contributed by atoms with Crippen LogP contribution in [0.25, 0.3) is 17.1 Å². The van der Waals surface area contributed by atoms with E-state index in [1.54, 1.807) is 12.4 Å². The second kappa shape index (κ2) is 11.1. The van der Waals surface area contributed by atoms with Crippen LogP contribution in [0.15, 0.2) is 47.9 Å². The van der Waals surface area contributed by atoms with Crippen LogP contribution < -0.4 is 5.32 Å². The Hall–Kier alpha value is -2.67. The highest BCUT2D eigenvalue weighted by atomic mass is 32.2. The van der Waals surface area contributed by atoms with Gasteiger partial charge < -0.3 is 5.32 Å². The molecule has 6 nitrogen and oxygen atoms in total. The van der Waals surface area contributed by atoms with Crippen molar-refractivity contribution in [2.45, 2.75) is 64.6 Å². The molecule has 7 heteroatoms. The van der Waals surface area contributed by atoms with Gasteiger partial charge in [-0.05, 0) is 49.4 Å². The topological polar surface area (TPSA) is 72.7 Å². The molecule has 1 aromatic carbocycles. The third kappa shape index (κ3) is 5.53. The van der Waals surface area contributed by atoms with Crippen molar-refractivity contribution in [3.63, 3.8) is 0 Å². The Kier molecular flexibility index (Phi) is 8.23. The molecule has 0 saturated carbocycles. The summed E-state index contributed by atoms with van der Waals surface area (Å²) < 4.78 is 2.10. The van der Waals surface area contributed by atoms with Gasteiger partial charge in [-0.3, -0.25) is 14.3 Å². The van der Waals surface area contributed by atoms with Gasteiger partial charge in [0.2, 0.25) is 5.91 Å². The number of para-hydroxylation sites is 1. The van der Waals surface area contributed by atoms with Gasteiger partial charge in [-0.15, -0.1) is 10.2 Å². The van der Waals surface area contributed by atoms with Crippen LogP contribution in [0.4, 0.5) is 0 Å². The number of pyridine rings is 1. The summed E-state index contributed by atoms with van der Waals surface area (Å²) in [6.45, 7) is 8.47. The van der Waals surface area contributed by atoms with Crippen molar-refractivity contribution in [2.75, 3.05) is 5.75 Å². The fourth-order valence-corrected chi connectivity index (χ4v) is 4.45. The molecule has 1 atom stereocenters. The summed E-state index contributed by atoms with van der Waals surface area (Å²) in [4.78, 5) is 16.7. The van der Waals surface area contributed by atoms with E-state index in [9.17, 15) is 4.79 Å². The Morgan fingerprint density at radius 1 is 1.10 bits per heavy atom. The fourth-order valence-electron chi connectivity index (χ4n) is 3.70. The van der Waals surface area contributed by atoms with Gasteiger partial charge in [0.25, 0.3) is 0 Å². The number of aromatic nitrogens is 4. The van der Waals surface area contributed by atoms with E-state index in [0.717, 1.165) is 42.8 Å². The summed E-state index contributed by atoms with van der Waals surface area (Å²) in [6, 6.07) is 10.5. The van der Waals surface area contributed by atoms with Crippen molar-refractivity contribution in [1.82, 2.24) is 25.1 Å². The molecule has 0 fully saturated rings. The SMILES string of the molecule is CCC[C@@H](C)NC(=O)CSc1nnc(-c2cccnc2)n1-c1c(CC)cccc1CC. The maximum atomic E-state index is 12.5. The maximum absolute atomic E-state index is 12.5. The van der Waals surface area contributed by atoms with Crippen molar-refractivity contribution in [3.8, 4) is 17.1 Å². The van der Waals surface area contributed by atoms with Gasteiger partial charge in [-0.2, -0.15) is 0 Å². The average molecular weight is 438 g/mol. The second-order valence-corrected chi connectivity index (χ2v) is 8.50. The minimum absolute atomic E-state index is 0.0166. The molecule has 3 rings (SSSR count). The van der Waals surface area contributed by atoms with Crippen molar-refractivity contribution in [3.05, 3.63) is 53.9 Å². The molecule has 1 amide bonds. The lowest BCUT2D eigenvalue weighted by Crippen LogP contribution is -2.33. The molecule has 0 aliphatic carbocycles. The number of nitrogens with zero attached hydrogens (tertiary/aromatic N) is 4. The number of benzene rings is 1. The van der Waals surface area contributed by atoms with Crippen molar-refractivity contribution >= 4 is 17.7 Å². The Bertz CT molecular complexity index is 980. The van der Waals surface area contributed by atoms with E-state index in [-0.39, 0.29) is 11.9 Å². The zero-order valence-electron chi connectivity index (χ0n) is 18.8. The quantitative estimate of drug-likeness (QED) is 0.459. The lowest BCUT2D eigenvalue weighted by Gasteiger charge is -2.18. The molecule has 2 aromatic heterocycles. The highest BCUT2D eigenvalue weighted by molar-refractivity contribution is 7.99. The van der Waals surface area contributed by atoms with Crippen LogP contribution in [0.1, 0.15) is 51.7 Å². The number of hydrogen-bond donors (Lipinski definition) is 1. The van der Waals surface area contributed by atoms with E-state index >= 15 is 0 Å². The van der Waals surface area contributed by atoms with Crippen molar-refractivity contribution in [2.24, 2.45) is 0 Å². The van der Waals surface area contributed by atoms with Gasteiger partial charge in [-0.1, -0.05) is 57.2 Å². The first kappa shape index (κ1) is 23.0. The van der Waals surface area contributed by atoms with Crippen LogP contribution in [0.5, 0.6) is 0 Å². The molecule has 164 valence electrons. The Labute approximate surface area is 188 Å². The highest BCUT2D eigenvalue weighted by Gasteiger charge is 2.21. The minimum Gasteiger partial charge on any atom is -0.353 e. The molecule has 0 radical (unpaired) electrons. The van der Waals surface area contributed by atoms with E-state index < -0.39 is 0 Å². The largest absolute Gasteiger partial charge is 0.353 e. The smallest absolute Gasteiger partial charge is 0.230 e. The summed E-state index contributed by atoms with van der Waals surface area (Å²) in [6.07, 6.45) is 7.36. The van der Waals surface area contributed by atoms with E-state index in [0.29, 0.717) is 10.9 Å². The lowest BCUT2D eigenvalue weighted by molar-refractivity contribution is -0.119. The fraction of sp³-hybridized carbons (Fsp3) is 0.417. The van der Waals surface area contributed by atoms with E-state index in [2.05, 4.69) is 64.0 Å². The molecule has 0 saturated heterocycles. The van der Waals surface area contributed by atoms with Crippen LogP contribution in [-0.4, -0.2) is 37.5 Å². The van der Waals surface area contributed by atoms with Gasteiger partial charge in [-0.25, -0.2) is 0 Å². The molecular weight excluding hydrogens is 406 g/mol. The van der Waals surface area contributed by atoms with E-state index in [1.807, 2.05) is 19.1 Å². The zero-order chi connectivity index (χ0) is 22.2. The van der Waals surface area contributed by atoms with Crippen LogP contribution in [0.2, 0.25) is 0 Å². The number of nitrogens with one attached hydrogen (secondary N) is 1. The second-order valence-electron chi connectivity index (χ2n) is 7.56. The van der Waals surface area contributed by atoms with Gasteiger partial charge in [0.05, 0.1) is 11.4 Å². The highest BCUT2D eigenvalue weighted by Crippen LogP contribution is 2.32. The summed E-state index contributed by atoms with van der Waals surface area (Å²) in [5.41, 5.74) is 4.47. The average Bonchev–Trinajstić information content (AvgIpc) is 3.21. The van der Waals surface area contributed by atoms with Crippen molar-refractivity contribution in [1.29, 1.82) is 0 Å². The standard InChI is InChI=1S/C24H31N5OS/c1-5-10-17(4)26-21(30)16-31-24-28-27-23(20-13-9-14-25-15-20)29(24)22-18(6-2)11-8-12-19(22)7-3/h8-9,11-15,17H,5-7,10,16H2,1-4H3,(H,26,30)/t17-/m1/s1. The third-order valence-corrected chi connectivity index (χ3v) is 6.13. The number of rotatable bonds is 10. The summed E-state index contributed by atoms with van der Waals surface area (Å²) in [7, 11) is 0. The normalized spacial score (nSPS) is 12.0. The molecule has 0 bridgehead atoms. The van der Waals surface area contributed by atoms with E-state index in [4.69, 9.17) is 0 Å². The van der Waals surface area contributed by atoms with Gasteiger partial charge in [0.15, 0.2) is 11.0 Å². The minimum atomic E-state index is 0.0166. The Morgan fingerprint density at radius 3 is 2.45 bits per heavy atom. The van der Waals surface area contributed by atoms with Crippen LogP contribution in [-0.2, 0) is 17.6 Å². The first-order chi connectivity index (χ1) is 15.1. The summed E-state index contributed by atoms with van der Waals surface area (Å²) in [5.74, 6) is 1.06. The number of thioether (sulfide) groups is 1. The van der Waals surface area contributed by atoms with Crippen LogP contribution in [0, 0.1) is 0 Å². The molecule has 0 spiro atoms. The molecule has 0 aliphatic heterocycles. The molecule has 2 heterocycles. The van der Waals surface area contributed by atoms with Crippen molar-refractivity contribution < 1.29 is 4.79 Å². The predicted octanol–water partition coefficient (Wildman–Crippen LogP) is 4.85. The zero-order valence-corrected chi connectivity index (χ0v) is 19.6. The number of amides is 1. The van der Waals surface area contributed by atoms with Crippen LogP contribution in [0.3, 0.4) is 0 Å². The first-order valence-corrected chi connectivity index (χ1v) is 12.0. The molecule has 0 unspecified atom stereocenters. The molecule has 0 aliphatic rings. The van der Waals surface area contributed by atoms with E-state index in [1.165, 1.54) is 22.9 Å². The maximum Gasteiger partial charge on any atom is 0.230 e. The van der Waals surface area contributed by atoms with Crippen LogP contribution >= 0.6 is 11.8 Å². The van der Waals surface area contributed by atoms with Gasteiger partial charge >= 0.3 is 0 Å².